The predicted molar refractivity (Wildman–Crippen MR) is 75.4 cm³/mol. The number of hydrogen-bond acceptors (Lipinski definition) is 3. The molecule has 2 aromatic rings. The van der Waals surface area contributed by atoms with Gasteiger partial charge in [0.25, 0.3) is 5.56 Å². The number of benzene rings is 1. The second-order valence-corrected chi connectivity index (χ2v) is 4.77. The highest BCUT2D eigenvalue weighted by atomic mass is 19.1. The van der Waals surface area contributed by atoms with Crippen molar-refractivity contribution in [3.63, 3.8) is 0 Å². The fraction of sp³-hybridized carbons (Fsp3) is 0.286. The molecule has 1 aromatic carbocycles. The first-order chi connectivity index (χ1) is 9.47. The number of aromatic amines is 1. The highest BCUT2D eigenvalue weighted by molar-refractivity contribution is 5.33. The lowest BCUT2D eigenvalue weighted by Gasteiger charge is -2.10. The van der Waals surface area contributed by atoms with Crippen LogP contribution in [0.1, 0.15) is 25.5 Å². The standard InChI is InChI=1S/C14H16FN3O2/c1-9(2)18-13(19)7-12(17-14(18)20)16-8-10-4-3-5-11(15)6-10/h3-7,9,16H,8H2,1-2H3,(H,17,20). The van der Waals surface area contributed by atoms with Gasteiger partial charge in [-0.3, -0.25) is 14.3 Å². The highest BCUT2D eigenvalue weighted by Gasteiger charge is 2.07. The van der Waals surface area contributed by atoms with Gasteiger partial charge in [-0.15, -0.1) is 0 Å². The Labute approximate surface area is 115 Å². The van der Waals surface area contributed by atoms with E-state index >= 15 is 0 Å². The number of aromatic nitrogens is 2. The molecule has 0 amide bonds. The molecule has 106 valence electrons. The molecule has 20 heavy (non-hydrogen) atoms. The van der Waals surface area contributed by atoms with Crippen LogP contribution in [-0.4, -0.2) is 9.55 Å². The fourth-order valence-electron chi connectivity index (χ4n) is 1.93. The molecule has 0 saturated carbocycles. The van der Waals surface area contributed by atoms with E-state index in [0.717, 1.165) is 10.1 Å². The van der Waals surface area contributed by atoms with Crippen LogP contribution >= 0.6 is 0 Å². The minimum Gasteiger partial charge on any atom is -0.367 e. The van der Waals surface area contributed by atoms with Crippen molar-refractivity contribution in [1.82, 2.24) is 9.55 Å². The zero-order valence-corrected chi connectivity index (χ0v) is 11.3. The van der Waals surface area contributed by atoms with Crippen LogP contribution in [0.3, 0.4) is 0 Å². The monoisotopic (exact) mass is 277 g/mol. The molecule has 0 saturated heterocycles. The quantitative estimate of drug-likeness (QED) is 0.896. The van der Waals surface area contributed by atoms with Crippen molar-refractivity contribution in [3.8, 4) is 0 Å². The largest absolute Gasteiger partial charge is 0.367 e. The van der Waals surface area contributed by atoms with Crippen molar-refractivity contribution in [2.24, 2.45) is 0 Å². The minimum atomic E-state index is -0.464. The number of halogens is 1. The molecule has 0 atom stereocenters. The third kappa shape index (κ3) is 3.14. The first-order valence-electron chi connectivity index (χ1n) is 6.31. The lowest BCUT2D eigenvalue weighted by atomic mass is 10.2. The predicted octanol–water partition coefficient (Wildman–Crippen LogP) is 1.87. The van der Waals surface area contributed by atoms with Gasteiger partial charge in [0, 0.05) is 18.7 Å². The molecule has 1 aromatic heterocycles. The van der Waals surface area contributed by atoms with Crippen LogP contribution in [0.2, 0.25) is 0 Å². The molecule has 0 aliphatic heterocycles. The van der Waals surface area contributed by atoms with E-state index in [0.29, 0.717) is 12.4 Å². The molecular formula is C14H16FN3O2. The van der Waals surface area contributed by atoms with Gasteiger partial charge in [-0.25, -0.2) is 9.18 Å². The molecule has 0 spiro atoms. The average Bonchev–Trinajstić information content (AvgIpc) is 2.35. The van der Waals surface area contributed by atoms with E-state index in [9.17, 15) is 14.0 Å². The highest BCUT2D eigenvalue weighted by Crippen LogP contribution is 2.06. The Morgan fingerprint density at radius 1 is 1.30 bits per heavy atom. The van der Waals surface area contributed by atoms with Crippen LogP contribution in [0.4, 0.5) is 10.2 Å². The lowest BCUT2D eigenvalue weighted by Crippen LogP contribution is -2.36. The van der Waals surface area contributed by atoms with Crippen molar-refractivity contribution < 1.29 is 4.39 Å². The van der Waals surface area contributed by atoms with E-state index in [2.05, 4.69) is 10.3 Å². The summed E-state index contributed by atoms with van der Waals surface area (Å²) in [6.07, 6.45) is 0. The number of H-pyrrole nitrogens is 1. The molecule has 0 aliphatic carbocycles. The van der Waals surface area contributed by atoms with Crippen LogP contribution in [-0.2, 0) is 6.54 Å². The summed E-state index contributed by atoms with van der Waals surface area (Å²) in [5.41, 5.74) is -0.112. The van der Waals surface area contributed by atoms with Crippen LogP contribution in [0.15, 0.2) is 39.9 Å². The van der Waals surface area contributed by atoms with Gasteiger partial charge in [-0.2, -0.15) is 0 Å². The zero-order chi connectivity index (χ0) is 14.7. The number of rotatable bonds is 4. The van der Waals surface area contributed by atoms with E-state index in [1.807, 2.05) is 0 Å². The topological polar surface area (TPSA) is 66.9 Å². The van der Waals surface area contributed by atoms with Gasteiger partial charge in [0.05, 0.1) is 0 Å². The smallest absolute Gasteiger partial charge is 0.330 e. The summed E-state index contributed by atoms with van der Waals surface area (Å²) in [6, 6.07) is 7.22. The third-order valence-electron chi connectivity index (χ3n) is 2.85. The lowest BCUT2D eigenvalue weighted by molar-refractivity contribution is 0.546. The minimum absolute atomic E-state index is 0.205. The van der Waals surface area contributed by atoms with Crippen molar-refractivity contribution in [2.45, 2.75) is 26.4 Å². The zero-order valence-electron chi connectivity index (χ0n) is 11.3. The van der Waals surface area contributed by atoms with E-state index in [1.54, 1.807) is 26.0 Å². The summed E-state index contributed by atoms with van der Waals surface area (Å²) in [4.78, 5) is 26.2. The molecular weight excluding hydrogens is 261 g/mol. The molecule has 0 unspecified atom stereocenters. The van der Waals surface area contributed by atoms with Crippen LogP contribution < -0.4 is 16.6 Å². The summed E-state index contributed by atoms with van der Waals surface area (Å²) in [5, 5.41) is 2.90. The summed E-state index contributed by atoms with van der Waals surface area (Å²) < 4.78 is 14.2. The van der Waals surface area contributed by atoms with Crippen LogP contribution in [0.5, 0.6) is 0 Å². The number of hydrogen-bond donors (Lipinski definition) is 2. The maximum atomic E-state index is 13.0. The van der Waals surface area contributed by atoms with Crippen molar-refractivity contribution >= 4 is 5.82 Å². The Balaban J connectivity index is 2.19. The van der Waals surface area contributed by atoms with Gasteiger partial charge < -0.3 is 5.32 Å². The number of nitrogens with one attached hydrogen (secondary N) is 2. The average molecular weight is 277 g/mol. The first kappa shape index (κ1) is 14.0. The maximum Gasteiger partial charge on any atom is 0.330 e. The Morgan fingerprint density at radius 2 is 2.05 bits per heavy atom. The second-order valence-electron chi connectivity index (χ2n) is 4.77. The van der Waals surface area contributed by atoms with Gasteiger partial charge in [0.2, 0.25) is 0 Å². The molecule has 0 aliphatic rings. The molecule has 0 fully saturated rings. The van der Waals surface area contributed by atoms with E-state index in [4.69, 9.17) is 0 Å². The Bertz CT molecular complexity index is 688. The van der Waals surface area contributed by atoms with Gasteiger partial charge >= 0.3 is 5.69 Å². The van der Waals surface area contributed by atoms with Crippen LogP contribution in [0, 0.1) is 5.82 Å². The van der Waals surface area contributed by atoms with Gasteiger partial charge in [0.15, 0.2) is 0 Å². The molecule has 6 heteroatoms. The molecule has 0 radical (unpaired) electrons. The molecule has 2 rings (SSSR count). The molecule has 1 heterocycles. The van der Waals surface area contributed by atoms with Crippen molar-refractivity contribution in [3.05, 3.63) is 62.6 Å². The second kappa shape index (κ2) is 5.73. The van der Waals surface area contributed by atoms with E-state index in [-0.39, 0.29) is 17.4 Å². The van der Waals surface area contributed by atoms with Crippen molar-refractivity contribution in [2.75, 3.05) is 5.32 Å². The van der Waals surface area contributed by atoms with Crippen molar-refractivity contribution in [1.29, 1.82) is 0 Å². The maximum absolute atomic E-state index is 13.0. The fourth-order valence-corrected chi connectivity index (χ4v) is 1.93. The summed E-state index contributed by atoms with van der Waals surface area (Å²) in [6.45, 7) is 3.84. The molecule has 2 N–H and O–H groups in total. The SMILES string of the molecule is CC(C)n1c(=O)cc(NCc2cccc(F)c2)[nH]c1=O. The summed E-state index contributed by atoms with van der Waals surface area (Å²) >= 11 is 0. The normalized spacial score (nSPS) is 10.8. The molecule has 0 bridgehead atoms. The Kier molecular flexibility index (Phi) is 4.02. The summed E-state index contributed by atoms with van der Waals surface area (Å²) in [7, 11) is 0. The Morgan fingerprint density at radius 3 is 2.65 bits per heavy atom. The van der Waals surface area contributed by atoms with E-state index in [1.165, 1.54) is 18.2 Å². The molecule has 5 nitrogen and oxygen atoms in total. The first-order valence-corrected chi connectivity index (χ1v) is 6.31. The number of anilines is 1. The summed E-state index contributed by atoms with van der Waals surface area (Å²) in [5.74, 6) is -0.00539. The Hall–Kier alpha value is -2.37. The van der Waals surface area contributed by atoms with E-state index < -0.39 is 5.69 Å². The van der Waals surface area contributed by atoms with Gasteiger partial charge in [-0.1, -0.05) is 12.1 Å². The third-order valence-corrected chi connectivity index (χ3v) is 2.85. The number of nitrogens with zero attached hydrogens (tertiary/aromatic N) is 1. The van der Waals surface area contributed by atoms with Gasteiger partial charge in [-0.05, 0) is 31.5 Å². The van der Waals surface area contributed by atoms with Gasteiger partial charge in [0.1, 0.15) is 11.6 Å². The van der Waals surface area contributed by atoms with Crippen LogP contribution in [0.25, 0.3) is 0 Å².